The lowest BCUT2D eigenvalue weighted by molar-refractivity contribution is -0.145. The van der Waals surface area contributed by atoms with Gasteiger partial charge in [0.25, 0.3) is 0 Å². The van der Waals surface area contributed by atoms with Crippen LogP contribution in [0, 0.1) is 0 Å². The molecule has 0 unspecified atom stereocenters. The van der Waals surface area contributed by atoms with Crippen LogP contribution in [-0.2, 0) is 16.1 Å². The third-order valence-corrected chi connectivity index (χ3v) is 5.68. The normalized spacial score (nSPS) is 17.8. The molecular weight excluding hydrogens is 391 g/mol. The minimum Gasteiger partial charge on any atom is -0.460 e. The number of hydrogen-bond acceptors (Lipinski definition) is 2. The molecule has 0 radical (unpaired) electrons. The number of benzene rings is 3. The molecule has 0 saturated carbocycles. The molecule has 2 nitrogen and oxygen atoms in total. The highest BCUT2D eigenvalue weighted by Crippen LogP contribution is 2.39. The summed E-state index contributed by atoms with van der Waals surface area (Å²) in [4.78, 5) is 12.8. The van der Waals surface area contributed by atoms with Crippen LogP contribution in [0.4, 0.5) is 0 Å². The summed E-state index contributed by atoms with van der Waals surface area (Å²) in [7, 11) is 0. The van der Waals surface area contributed by atoms with Crippen molar-refractivity contribution >= 4 is 29.2 Å². The van der Waals surface area contributed by atoms with Gasteiger partial charge < -0.3 is 4.74 Å². The molecule has 3 aromatic rings. The van der Waals surface area contributed by atoms with E-state index in [0.717, 1.165) is 22.3 Å². The molecule has 0 bridgehead atoms. The molecule has 4 heteroatoms. The Kier molecular flexibility index (Phi) is 5.52. The lowest BCUT2D eigenvalue weighted by atomic mass is 9.79. The Morgan fingerprint density at radius 3 is 2.29 bits per heavy atom. The number of carbonyl (C=O) groups is 1. The van der Waals surface area contributed by atoms with Crippen LogP contribution in [0.25, 0.3) is 0 Å². The molecule has 0 N–H and O–H groups in total. The summed E-state index contributed by atoms with van der Waals surface area (Å²) < 4.78 is 5.57. The summed E-state index contributed by atoms with van der Waals surface area (Å²) in [5.74, 6) is -0.650. The first-order valence-corrected chi connectivity index (χ1v) is 9.82. The molecule has 0 aromatic heterocycles. The SMILES string of the molecule is O=C(OCc1ccccc1)[C@H]1C=C[C@@H](c2ccc(Cl)c(Cl)c2)c2ccccc21. The Morgan fingerprint density at radius 1 is 0.821 bits per heavy atom. The minimum atomic E-state index is -0.418. The van der Waals surface area contributed by atoms with Crippen molar-refractivity contribution in [1.29, 1.82) is 0 Å². The van der Waals surface area contributed by atoms with E-state index < -0.39 is 5.92 Å². The maximum absolute atomic E-state index is 12.8. The van der Waals surface area contributed by atoms with E-state index in [2.05, 4.69) is 0 Å². The third-order valence-electron chi connectivity index (χ3n) is 4.94. The van der Waals surface area contributed by atoms with Crippen molar-refractivity contribution < 1.29 is 9.53 Å². The molecule has 1 aliphatic carbocycles. The van der Waals surface area contributed by atoms with E-state index in [1.54, 1.807) is 6.07 Å². The fourth-order valence-electron chi connectivity index (χ4n) is 3.53. The van der Waals surface area contributed by atoms with Crippen LogP contribution in [0.2, 0.25) is 10.0 Å². The van der Waals surface area contributed by atoms with Gasteiger partial charge in [0.1, 0.15) is 12.5 Å². The van der Waals surface area contributed by atoms with Gasteiger partial charge in [-0.2, -0.15) is 0 Å². The Morgan fingerprint density at radius 2 is 1.54 bits per heavy atom. The second-order valence-electron chi connectivity index (χ2n) is 6.74. The van der Waals surface area contributed by atoms with Gasteiger partial charge in [0.2, 0.25) is 0 Å². The fraction of sp³-hybridized carbons (Fsp3) is 0.125. The Bertz CT molecular complexity index is 1030. The molecule has 0 heterocycles. The van der Waals surface area contributed by atoms with Gasteiger partial charge in [-0.25, -0.2) is 0 Å². The van der Waals surface area contributed by atoms with Crippen molar-refractivity contribution in [1.82, 2.24) is 0 Å². The van der Waals surface area contributed by atoms with Crippen LogP contribution in [0.1, 0.15) is 34.1 Å². The van der Waals surface area contributed by atoms with Crippen LogP contribution in [0.5, 0.6) is 0 Å². The number of allylic oxidation sites excluding steroid dienone is 1. The molecule has 28 heavy (non-hydrogen) atoms. The lowest BCUT2D eigenvalue weighted by Gasteiger charge is -2.26. The summed E-state index contributed by atoms with van der Waals surface area (Å²) in [6, 6.07) is 23.3. The van der Waals surface area contributed by atoms with Gasteiger partial charge >= 0.3 is 5.97 Å². The highest BCUT2D eigenvalue weighted by atomic mass is 35.5. The first-order chi connectivity index (χ1) is 13.6. The summed E-state index contributed by atoms with van der Waals surface area (Å²) in [6.07, 6.45) is 3.96. The van der Waals surface area contributed by atoms with Crippen molar-refractivity contribution in [3.63, 3.8) is 0 Å². The molecule has 0 aliphatic heterocycles. The van der Waals surface area contributed by atoms with E-state index in [-0.39, 0.29) is 18.5 Å². The number of rotatable bonds is 4. The first-order valence-electron chi connectivity index (χ1n) is 9.06. The van der Waals surface area contributed by atoms with Crippen LogP contribution < -0.4 is 0 Å². The minimum absolute atomic E-state index is 0.0177. The van der Waals surface area contributed by atoms with E-state index in [0.29, 0.717) is 10.0 Å². The van der Waals surface area contributed by atoms with E-state index in [4.69, 9.17) is 27.9 Å². The smallest absolute Gasteiger partial charge is 0.317 e. The van der Waals surface area contributed by atoms with Gasteiger partial charge in [-0.15, -0.1) is 0 Å². The molecule has 0 fully saturated rings. The fourth-order valence-corrected chi connectivity index (χ4v) is 3.83. The van der Waals surface area contributed by atoms with Gasteiger partial charge in [-0.1, -0.05) is 96.0 Å². The summed E-state index contributed by atoms with van der Waals surface area (Å²) in [5.41, 5.74) is 4.04. The molecule has 3 aromatic carbocycles. The van der Waals surface area contributed by atoms with Crippen LogP contribution in [0.15, 0.2) is 84.9 Å². The Hall–Kier alpha value is -2.55. The number of ether oxygens (including phenoxy) is 1. The lowest BCUT2D eigenvalue weighted by Crippen LogP contribution is -2.20. The standard InChI is InChI=1S/C24H18Cl2O2/c25-22-13-10-17(14-23(22)26)18-11-12-21(20-9-5-4-8-19(18)20)24(27)28-15-16-6-2-1-3-7-16/h1-14,18,21H,15H2/t18-,21-/m0/s1. The van der Waals surface area contributed by atoms with E-state index in [1.807, 2.05) is 78.9 Å². The van der Waals surface area contributed by atoms with Gasteiger partial charge in [-0.05, 0) is 34.4 Å². The number of carbonyl (C=O) groups excluding carboxylic acids is 1. The van der Waals surface area contributed by atoms with Gasteiger partial charge in [0.05, 0.1) is 10.0 Å². The number of fused-ring (bicyclic) bond motifs is 1. The van der Waals surface area contributed by atoms with E-state index in [9.17, 15) is 4.79 Å². The van der Waals surface area contributed by atoms with Crippen LogP contribution in [0.3, 0.4) is 0 Å². The molecule has 2 atom stereocenters. The molecule has 0 spiro atoms. The quantitative estimate of drug-likeness (QED) is 0.362. The Balaban J connectivity index is 1.60. The van der Waals surface area contributed by atoms with Crippen LogP contribution >= 0.6 is 23.2 Å². The Labute approximate surface area is 174 Å². The van der Waals surface area contributed by atoms with Gasteiger partial charge in [0.15, 0.2) is 0 Å². The first kappa shape index (κ1) is 18.8. The molecule has 1 aliphatic rings. The molecule has 140 valence electrons. The topological polar surface area (TPSA) is 26.3 Å². The van der Waals surface area contributed by atoms with E-state index >= 15 is 0 Å². The zero-order chi connectivity index (χ0) is 19.5. The van der Waals surface area contributed by atoms with Crippen LogP contribution in [-0.4, -0.2) is 5.97 Å². The molecule has 4 rings (SSSR count). The average Bonchev–Trinajstić information content (AvgIpc) is 2.74. The van der Waals surface area contributed by atoms with Crippen molar-refractivity contribution in [2.45, 2.75) is 18.4 Å². The maximum atomic E-state index is 12.8. The van der Waals surface area contributed by atoms with Gasteiger partial charge in [0, 0.05) is 5.92 Å². The monoisotopic (exact) mass is 408 g/mol. The third kappa shape index (κ3) is 3.84. The average molecular weight is 409 g/mol. The largest absolute Gasteiger partial charge is 0.460 e. The number of esters is 1. The van der Waals surface area contributed by atoms with Crippen molar-refractivity contribution in [2.75, 3.05) is 0 Å². The summed E-state index contributed by atoms with van der Waals surface area (Å²) in [5, 5.41) is 1.05. The summed E-state index contributed by atoms with van der Waals surface area (Å²) in [6.45, 7) is 0.266. The number of halogens is 2. The molecular formula is C24H18Cl2O2. The second kappa shape index (κ2) is 8.22. The second-order valence-corrected chi connectivity index (χ2v) is 7.55. The van der Waals surface area contributed by atoms with Gasteiger partial charge in [-0.3, -0.25) is 4.79 Å². The predicted molar refractivity (Wildman–Crippen MR) is 113 cm³/mol. The van der Waals surface area contributed by atoms with Crippen molar-refractivity contribution in [3.05, 3.63) is 117 Å². The molecule has 0 saturated heterocycles. The maximum Gasteiger partial charge on any atom is 0.317 e. The predicted octanol–water partition coefficient (Wildman–Crippen LogP) is 6.52. The van der Waals surface area contributed by atoms with E-state index in [1.165, 1.54) is 0 Å². The number of hydrogen-bond donors (Lipinski definition) is 0. The van der Waals surface area contributed by atoms with Crippen molar-refractivity contribution in [3.8, 4) is 0 Å². The highest BCUT2D eigenvalue weighted by molar-refractivity contribution is 6.42. The highest BCUT2D eigenvalue weighted by Gasteiger charge is 2.29. The zero-order valence-electron chi connectivity index (χ0n) is 15.0. The zero-order valence-corrected chi connectivity index (χ0v) is 16.5. The van der Waals surface area contributed by atoms with Crippen molar-refractivity contribution in [2.24, 2.45) is 0 Å². The molecule has 0 amide bonds. The summed E-state index contributed by atoms with van der Waals surface area (Å²) >= 11 is 12.3.